The van der Waals surface area contributed by atoms with Crippen LogP contribution in [0.25, 0.3) is 0 Å². The lowest BCUT2D eigenvalue weighted by Crippen LogP contribution is -2.42. The molecule has 0 bridgehead atoms. The van der Waals surface area contributed by atoms with Gasteiger partial charge in [0.2, 0.25) is 0 Å². The van der Waals surface area contributed by atoms with Crippen LogP contribution in [0, 0.1) is 0 Å². The molecule has 0 radical (unpaired) electrons. The molecular weight excluding hydrogens is 224 g/mol. The molecule has 3 nitrogen and oxygen atoms in total. The second-order valence-corrected chi connectivity index (χ2v) is 4.62. The monoisotopic (exact) mass is 242 g/mol. The van der Waals surface area contributed by atoms with Gasteiger partial charge in [-0.25, -0.2) is 0 Å². The van der Waals surface area contributed by atoms with Crippen molar-refractivity contribution in [2.24, 2.45) is 0 Å². The van der Waals surface area contributed by atoms with Gasteiger partial charge in [-0.05, 0) is 31.4 Å². The van der Waals surface area contributed by atoms with Crippen molar-refractivity contribution in [2.45, 2.75) is 38.8 Å². The zero-order valence-corrected chi connectivity index (χ0v) is 10.6. The van der Waals surface area contributed by atoms with Crippen molar-refractivity contribution in [1.82, 2.24) is 10.3 Å². The zero-order chi connectivity index (χ0) is 12.0. The predicted molar refractivity (Wildman–Crippen MR) is 66.5 cm³/mol. The highest BCUT2D eigenvalue weighted by molar-refractivity contribution is 6.31. The maximum absolute atomic E-state index is 9.01. The first kappa shape index (κ1) is 13.4. The number of aliphatic hydroxyl groups excluding tert-OH is 1. The molecule has 0 amide bonds. The van der Waals surface area contributed by atoms with Crippen molar-refractivity contribution >= 4 is 11.6 Å². The summed E-state index contributed by atoms with van der Waals surface area (Å²) in [5.74, 6) is 0. The molecule has 1 unspecified atom stereocenters. The molecule has 0 saturated carbocycles. The SMILES string of the molecule is CCC(C)(CCO)NCc1ccncc1Cl. The molecule has 0 aliphatic heterocycles. The van der Waals surface area contributed by atoms with Crippen molar-refractivity contribution in [3.63, 3.8) is 0 Å². The lowest BCUT2D eigenvalue weighted by Gasteiger charge is -2.29. The second-order valence-electron chi connectivity index (χ2n) is 4.21. The average molecular weight is 243 g/mol. The minimum Gasteiger partial charge on any atom is -0.396 e. The van der Waals surface area contributed by atoms with Crippen molar-refractivity contribution in [3.8, 4) is 0 Å². The standard InChI is InChI=1S/C12H19ClN2O/c1-3-12(2,5-7-16)15-8-10-4-6-14-9-11(10)13/h4,6,9,15-16H,3,5,7-8H2,1-2H3. The summed E-state index contributed by atoms with van der Waals surface area (Å²) in [6, 6.07) is 1.91. The molecule has 1 aromatic rings. The molecule has 1 atom stereocenters. The molecule has 1 aromatic heterocycles. The van der Waals surface area contributed by atoms with Gasteiger partial charge in [-0.3, -0.25) is 4.98 Å². The molecule has 4 heteroatoms. The van der Waals surface area contributed by atoms with E-state index < -0.39 is 0 Å². The van der Waals surface area contributed by atoms with Crippen LogP contribution in [0.15, 0.2) is 18.5 Å². The van der Waals surface area contributed by atoms with Gasteiger partial charge in [0.1, 0.15) is 0 Å². The highest BCUT2D eigenvalue weighted by Crippen LogP contribution is 2.18. The number of halogens is 1. The van der Waals surface area contributed by atoms with E-state index in [1.165, 1.54) is 0 Å². The van der Waals surface area contributed by atoms with Gasteiger partial charge in [0.25, 0.3) is 0 Å². The number of pyridine rings is 1. The fourth-order valence-corrected chi connectivity index (χ4v) is 1.68. The Morgan fingerprint density at radius 2 is 2.31 bits per heavy atom. The molecule has 2 N–H and O–H groups in total. The molecule has 16 heavy (non-hydrogen) atoms. The highest BCUT2D eigenvalue weighted by Gasteiger charge is 2.20. The smallest absolute Gasteiger partial charge is 0.0634 e. The van der Waals surface area contributed by atoms with Gasteiger partial charge in [0.05, 0.1) is 5.02 Å². The van der Waals surface area contributed by atoms with Crippen LogP contribution >= 0.6 is 11.6 Å². The summed E-state index contributed by atoms with van der Waals surface area (Å²) in [5.41, 5.74) is 0.996. The Hall–Kier alpha value is -0.640. The van der Waals surface area contributed by atoms with Gasteiger partial charge < -0.3 is 10.4 Å². The number of nitrogens with zero attached hydrogens (tertiary/aromatic N) is 1. The molecule has 0 aromatic carbocycles. The molecule has 90 valence electrons. The van der Waals surface area contributed by atoms with Gasteiger partial charge in [-0.15, -0.1) is 0 Å². The minimum absolute atomic E-state index is 0.0403. The molecule has 1 heterocycles. The Balaban J connectivity index is 2.59. The minimum atomic E-state index is -0.0403. The normalized spacial score (nSPS) is 14.8. The van der Waals surface area contributed by atoms with E-state index in [0.29, 0.717) is 11.6 Å². The van der Waals surface area contributed by atoms with Crippen LogP contribution < -0.4 is 5.32 Å². The third-order valence-electron chi connectivity index (χ3n) is 3.01. The van der Waals surface area contributed by atoms with Gasteiger partial charge in [-0.2, -0.15) is 0 Å². The molecule has 0 spiro atoms. The van der Waals surface area contributed by atoms with Crippen LogP contribution in [0.2, 0.25) is 5.02 Å². The topological polar surface area (TPSA) is 45.1 Å². The van der Waals surface area contributed by atoms with E-state index >= 15 is 0 Å². The number of rotatable bonds is 6. The number of nitrogens with one attached hydrogen (secondary N) is 1. The van der Waals surface area contributed by atoms with E-state index in [1.54, 1.807) is 12.4 Å². The Kier molecular flexibility index (Phi) is 5.19. The lowest BCUT2D eigenvalue weighted by molar-refractivity contribution is 0.214. The van der Waals surface area contributed by atoms with Crippen molar-refractivity contribution < 1.29 is 5.11 Å². The molecule has 1 rings (SSSR count). The number of aromatic nitrogens is 1. The summed E-state index contributed by atoms with van der Waals surface area (Å²) >= 11 is 6.02. The molecule has 0 aliphatic rings. The third kappa shape index (κ3) is 3.74. The Morgan fingerprint density at radius 1 is 1.56 bits per heavy atom. The zero-order valence-electron chi connectivity index (χ0n) is 9.83. The Bertz CT molecular complexity index is 333. The maximum atomic E-state index is 9.01. The van der Waals surface area contributed by atoms with Gasteiger partial charge >= 0.3 is 0 Å². The number of hydrogen-bond donors (Lipinski definition) is 2. The molecule has 0 aliphatic carbocycles. The van der Waals surface area contributed by atoms with Crippen LogP contribution in [0.3, 0.4) is 0 Å². The van der Waals surface area contributed by atoms with Crippen molar-refractivity contribution in [3.05, 3.63) is 29.0 Å². The molecular formula is C12H19ClN2O. The fourth-order valence-electron chi connectivity index (χ4n) is 1.49. The van der Waals surface area contributed by atoms with E-state index in [4.69, 9.17) is 16.7 Å². The summed E-state index contributed by atoms with van der Waals surface area (Å²) in [5, 5.41) is 13.1. The van der Waals surface area contributed by atoms with E-state index in [0.717, 1.165) is 18.4 Å². The second kappa shape index (κ2) is 6.18. The third-order valence-corrected chi connectivity index (χ3v) is 3.35. The summed E-state index contributed by atoms with van der Waals surface area (Å²) in [7, 11) is 0. The summed E-state index contributed by atoms with van der Waals surface area (Å²) in [6.45, 7) is 5.11. The van der Waals surface area contributed by atoms with Crippen LogP contribution in [-0.4, -0.2) is 22.2 Å². The van der Waals surface area contributed by atoms with Crippen molar-refractivity contribution in [1.29, 1.82) is 0 Å². The van der Waals surface area contributed by atoms with Crippen LogP contribution in [0.5, 0.6) is 0 Å². The van der Waals surface area contributed by atoms with Crippen LogP contribution in [0.1, 0.15) is 32.3 Å². The summed E-state index contributed by atoms with van der Waals surface area (Å²) in [4.78, 5) is 3.95. The number of hydrogen-bond acceptors (Lipinski definition) is 3. The largest absolute Gasteiger partial charge is 0.396 e. The van der Waals surface area contributed by atoms with Gasteiger partial charge in [0, 0.05) is 31.1 Å². The summed E-state index contributed by atoms with van der Waals surface area (Å²) < 4.78 is 0. The Labute approximate surface area is 102 Å². The van der Waals surface area contributed by atoms with Crippen LogP contribution in [0.4, 0.5) is 0 Å². The highest BCUT2D eigenvalue weighted by atomic mass is 35.5. The summed E-state index contributed by atoms with van der Waals surface area (Å²) in [6.07, 6.45) is 5.09. The first-order valence-electron chi connectivity index (χ1n) is 5.55. The first-order chi connectivity index (χ1) is 7.61. The van der Waals surface area contributed by atoms with Gasteiger partial charge in [-0.1, -0.05) is 18.5 Å². The number of aliphatic hydroxyl groups is 1. The van der Waals surface area contributed by atoms with E-state index in [9.17, 15) is 0 Å². The van der Waals surface area contributed by atoms with E-state index in [2.05, 4.69) is 24.1 Å². The fraction of sp³-hybridized carbons (Fsp3) is 0.583. The Morgan fingerprint density at radius 3 is 2.88 bits per heavy atom. The van der Waals surface area contributed by atoms with Gasteiger partial charge in [0.15, 0.2) is 0 Å². The van der Waals surface area contributed by atoms with E-state index in [-0.39, 0.29) is 12.1 Å². The molecule has 0 saturated heterocycles. The van der Waals surface area contributed by atoms with Crippen LogP contribution in [-0.2, 0) is 6.54 Å². The van der Waals surface area contributed by atoms with E-state index in [1.807, 2.05) is 6.07 Å². The lowest BCUT2D eigenvalue weighted by atomic mass is 9.94. The average Bonchev–Trinajstić information content (AvgIpc) is 2.28. The predicted octanol–water partition coefficient (Wildman–Crippen LogP) is 2.38. The quantitative estimate of drug-likeness (QED) is 0.805. The maximum Gasteiger partial charge on any atom is 0.0634 e. The first-order valence-corrected chi connectivity index (χ1v) is 5.93. The van der Waals surface area contributed by atoms with Crippen molar-refractivity contribution in [2.75, 3.05) is 6.61 Å². The molecule has 0 fully saturated rings.